The van der Waals surface area contributed by atoms with E-state index in [4.69, 9.17) is 4.74 Å². The smallest absolute Gasteiger partial charge is 0.194 e. The van der Waals surface area contributed by atoms with Crippen molar-refractivity contribution < 1.29 is 18.3 Å². The zero-order chi connectivity index (χ0) is 13.3. The summed E-state index contributed by atoms with van der Waals surface area (Å²) in [5.41, 5.74) is -0.0140. The van der Waals surface area contributed by atoms with Crippen LogP contribution in [0.1, 0.15) is 35.7 Å². The van der Waals surface area contributed by atoms with Gasteiger partial charge in [0, 0.05) is 0 Å². The lowest BCUT2D eigenvalue weighted by molar-refractivity contribution is -0.00179. The fraction of sp³-hybridized carbons (Fsp3) is 0.500. The maximum Gasteiger partial charge on any atom is 0.194 e. The molecular formula is C14H16F2O2. The molecule has 0 amide bonds. The lowest BCUT2D eigenvalue weighted by Gasteiger charge is -2.26. The number of aryl methyl sites for hydroxylation is 1. The molecule has 0 radical (unpaired) electrons. The van der Waals surface area contributed by atoms with E-state index in [0.717, 1.165) is 6.42 Å². The number of ketones is 1. The van der Waals surface area contributed by atoms with Crippen LogP contribution in [0.4, 0.5) is 8.78 Å². The van der Waals surface area contributed by atoms with Crippen molar-refractivity contribution in [1.82, 2.24) is 0 Å². The third-order valence-electron chi connectivity index (χ3n) is 3.34. The van der Waals surface area contributed by atoms with Crippen LogP contribution in [0.2, 0.25) is 0 Å². The molecule has 18 heavy (non-hydrogen) atoms. The van der Waals surface area contributed by atoms with Gasteiger partial charge in [0.05, 0.1) is 12.2 Å². The van der Waals surface area contributed by atoms with Crippen LogP contribution >= 0.6 is 0 Å². The number of ether oxygens (including phenoxy) is 1. The molecule has 0 aromatic heterocycles. The molecule has 1 aromatic rings. The van der Waals surface area contributed by atoms with E-state index in [2.05, 4.69) is 0 Å². The number of Topliss-reactive ketones (excluding diaryl/α,β-unsaturated/α-hetero) is 1. The molecule has 4 heteroatoms. The standard InChI is InChI=1S/C14H16F2O2/c1-8-3-6-11(18-7-8)14(17)10-5-4-9(2)12(15)13(10)16/h4-5,8,11H,3,6-7H2,1-2H3/t8?,11-/m0/s1. The van der Waals surface area contributed by atoms with Gasteiger partial charge in [-0.15, -0.1) is 0 Å². The topological polar surface area (TPSA) is 26.3 Å². The number of rotatable bonds is 2. The van der Waals surface area contributed by atoms with Gasteiger partial charge in [-0.25, -0.2) is 8.78 Å². The Morgan fingerprint density at radius 2 is 2.00 bits per heavy atom. The van der Waals surface area contributed by atoms with Crippen molar-refractivity contribution in [2.75, 3.05) is 6.61 Å². The molecule has 1 aliphatic rings. The molecule has 1 unspecified atom stereocenters. The monoisotopic (exact) mass is 254 g/mol. The number of hydrogen-bond acceptors (Lipinski definition) is 2. The first-order valence-electron chi connectivity index (χ1n) is 6.11. The Kier molecular flexibility index (Phi) is 3.76. The highest BCUT2D eigenvalue weighted by Gasteiger charge is 2.28. The minimum absolute atomic E-state index is 0.197. The largest absolute Gasteiger partial charge is 0.370 e. The predicted octanol–water partition coefficient (Wildman–Crippen LogP) is 3.27. The fourth-order valence-electron chi connectivity index (χ4n) is 2.10. The molecule has 0 bridgehead atoms. The molecule has 98 valence electrons. The van der Waals surface area contributed by atoms with E-state index in [-0.39, 0.29) is 11.1 Å². The van der Waals surface area contributed by atoms with E-state index in [1.807, 2.05) is 6.92 Å². The Labute approximate surface area is 105 Å². The van der Waals surface area contributed by atoms with Gasteiger partial charge in [0.25, 0.3) is 0 Å². The highest BCUT2D eigenvalue weighted by molar-refractivity contribution is 5.99. The summed E-state index contributed by atoms with van der Waals surface area (Å²) >= 11 is 0. The van der Waals surface area contributed by atoms with Crippen LogP contribution in [-0.2, 0) is 4.74 Å². The highest BCUT2D eigenvalue weighted by Crippen LogP contribution is 2.24. The van der Waals surface area contributed by atoms with Gasteiger partial charge >= 0.3 is 0 Å². The summed E-state index contributed by atoms with van der Waals surface area (Å²) in [5, 5.41) is 0. The van der Waals surface area contributed by atoms with Crippen molar-refractivity contribution in [2.24, 2.45) is 5.92 Å². The molecule has 0 spiro atoms. The van der Waals surface area contributed by atoms with Crippen LogP contribution in [0.5, 0.6) is 0 Å². The Hall–Kier alpha value is -1.29. The fourth-order valence-corrected chi connectivity index (χ4v) is 2.10. The van der Waals surface area contributed by atoms with Gasteiger partial charge in [-0.2, -0.15) is 0 Å². The quantitative estimate of drug-likeness (QED) is 0.757. The Morgan fingerprint density at radius 3 is 2.61 bits per heavy atom. The average Bonchev–Trinajstić information content (AvgIpc) is 2.36. The Bertz CT molecular complexity index is 463. The number of carbonyl (C=O) groups is 1. The lowest BCUT2D eigenvalue weighted by Crippen LogP contribution is -2.32. The van der Waals surface area contributed by atoms with Crippen molar-refractivity contribution in [1.29, 1.82) is 0 Å². The maximum atomic E-state index is 13.7. The first-order chi connectivity index (χ1) is 8.50. The number of benzene rings is 1. The normalized spacial score (nSPS) is 24.0. The van der Waals surface area contributed by atoms with E-state index in [9.17, 15) is 13.6 Å². The molecule has 1 saturated heterocycles. The zero-order valence-corrected chi connectivity index (χ0v) is 10.5. The van der Waals surface area contributed by atoms with E-state index in [1.54, 1.807) is 0 Å². The summed E-state index contributed by atoms with van der Waals surface area (Å²) in [6.07, 6.45) is 0.791. The van der Waals surface area contributed by atoms with Gasteiger partial charge in [-0.3, -0.25) is 4.79 Å². The molecule has 0 N–H and O–H groups in total. The number of halogens is 2. The molecule has 1 fully saturated rings. The first-order valence-corrected chi connectivity index (χ1v) is 6.11. The van der Waals surface area contributed by atoms with E-state index in [1.165, 1.54) is 19.1 Å². The summed E-state index contributed by atoms with van der Waals surface area (Å²) in [6, 6.07) is 2.74. The summed E-state index contributed by atoms with van der Waals surface area (Å²) in [7, 11) is 0. The second kappa shape index (κ2) is 5.14. The van der Waals surface area contributed by atoms with Crippen LogP contribution in [0, 0.1) is 24.5 Å². The molecular weight excluding hydrogens is 238 g/mol. The zero-order valence-electron chi connectivity index (χ0n) is 10.5. The first kappa shape index (κ1) is 13.1. The molecule has 2 rings (SSSR count). The Balaban J connectivity index is 2.21. The van der Waals surface area contributed by atoms with E-state index < -0.39 is 23.5 Å². The van der Waals surface area contributed by atoms with Gasteiger partial charge in [0.1, 0.15) is 6.10 Å². The third kappa shape index (κ3) is 2.43. The molecule has 1 aromatic carbocycles. The van der Waals surface area contributed by atoms with Crippen molar-refractivity contribution in [2.45, 2.75) is 32.8 Å². The highest BCUT2D eigenvalue weighted by atomic mass is 19.2. The summed E-state index contributed by atoms with van der Waals surface area (Å²) in [5.74, 6) is -2.07. The molecule has 1 heterocycles. The van der Waals surface area contributed by atoms with E-state index in [0.29, 0.717) is 18.9 Å². The Morgan fingerprint density at radius 1 is 1.28 bits per heavy atom. The van der Waals surface area contributed by atoms with Crippen LogP contribution < -0.4 is 0 Å². The second-order valence-electron chi connectivity index (χ2n) is 4.93. The van der Waals surface area contributed by atoms with Gasteiger partial charge in [0.15, 0.2) is 17.4 Å². The molecule has 2 atom stereocenters. The molecule has 1 aliphatic heterocycles. The number of carbonyl (C=O) groups excluding carboxylic acids is 1. The second-order valence-corrected chi connectivity index (χ2v) is 4.93. The van der Waals surface area contributed by atoms with Crippen LogP contribution in [-0.4, -0.2) is 18.5 Å². The number of hydrogen-bond donors (Lipinski definition) is 0. The molecule has 0 aliphatic carbocycles. The molecule has 0 saturated carbocycles. The third-order valence-corrected chi connectivity index (χ3v) is 3.34. The van der Waals surface area contributed by atoms with Gasteiger partial charge in [0.2, 0.25) is 0 Å². The van der Waals surface area contributed by atoms with Crippen molar-refractivity contribution >= 4 is 5.78 Å². The van der Waals surface area contributed by atoms with Crippen molar-refractivity contribution in [3.05, 3.63) is 34.9 Å². The lowest BCUT2D eigenvalue weighted by atomic mass is 9.94. The maximum absolute atomic E-state index is 13.7. The van der Waals surface area contributed by atoms with Crippen molar-refractivity contribution in [3.63, 3.8) is 0 Å². The van der Waals surface area contributed by atoms with Crippen LogP contribution in [0.3, 0.4) is 0 Å². The van der Waals surface area contributed by atoms with Gasteiger partial charge < -0.3 is 4.74 Å². The van der Waals surface area contributed by atoms with Crippen LogP contribution in [0.15, 0.2) is 12.1 Å². The van der Waals surface area contributed by atoms with E-state index >= 15 is 0 Å². The van der Waals surface area contributed by atoms with Gasteiger partial charge in [-0.05, 0) is 37.3 Å². The minimum atomic E-state index is -1.07. The predicted molar refractivity (Wildman–Crippen MR) is 63.6 cm³/mol. The van der Waals surface area contributed by atoms with Crippen LogP contribution in [0.25, 0.3) is 0 Å². The molecule has 2 nitrogen and oxygen atoms in total. The summed E-state index contributed by atoms with van der Waals surface area (Å²) in [6.45, 7) is 3.99. The van der Waals surface area contributed by atoms with Gasteiger partial charge in [-0.1, -0.05) is 13.0 Å². The SMILES string of the molecule is Cc1ccc(C(=O)[C@@H]2CCC(C)CO2)c(F)c1F. The summed E-state index contributed by atoms with van der Waals surface area (Å²) < 4.78 is 32.5. The van der Waals surface area contributed by atoms with Crippen molar-refractivity contribution in [3.8, 4) is 0 Å². The summed E-state index contributed by atoms with van der Waals surface area (Å²) in [4.78, 5) is 12.1. The minimum Gasteiger partial charge on any atom is -0.370 e. The average molecular weight is 254 g/mol.